The Balaban J connectivity index is 1.62. The Labute approximate surface area is 132 Å². The summed E-state index contributed by atoms with van der Waals surface area (Å²) in [6.45, 7) is 0.501. The van der Waals surface area contributed by atoms with Gasteiger partial charge < -0.3 is 9.64 Å². The van der Waals surface area contributed by atoms with E-state index in [-0.39, 0.29) is 11.8 Å². The number of likely N-dealkylation sites (tertiary alicyclic amines) is 1. The molecule has 1 saturated heterocycles. The number of ether oxygens (including phenoxy) is 1. The maximum Gasteiger partial charge on any atom is 0.401 e. The van der Waals surface area contributed by atoms with Crippen LogP contribution >= 0.6 is 0 Å². The van der Waals surface area contributed by atoms with Crippen LogP contribution in [0.3, 0.4) is 0 Å². The van der Waals surface area contributed by atoms with Crippen LogP contribution in [0.5, 0.6) is 5.88 Å². The lowest BCUT2D eigenvalue weighted by Crippen LogP contribution is -2.47. The zero-order chi connectivity index (χ0) is 16.4. The van der Waals surface area contributed by atoms with Crippen LogP contribution in [0.15, 0.2) is 18.3 Å². The number of amides is 1. The van der Waals surface area contributed by atoms with Gasteiger partial charge in [-0.15, -0.1) is 0 Å². The molecule has 3 rings (SSSR count). The maximum atomic E-state index is 12.7. The fourth-order valence-corrected chi connectivity index (χ4v) is 3.09. The molecule has 126 valence electrons. The van der Waals surface area contributed by atoms with E-state index in [9.17, 15) is 18.0 Å². The lowest BCUT2D eigenvalue weighted by Gasteiger charge is -2.35. The molecule has 0 bridgehead atoms. The van der Waals surface area contributed by atoms with Gasteiger partial charge in [0.15, 0.2) is 0 Å². The first kappa shape index (κ1) is 16.0. The Kier molecular flexibility index (Phi) is 4.43. The van der Waals surface area contributed by atoms with Crippen molar-refractivity contribution in [1.29, 1.82) is 0 Å². The lowest BCUT2D eigenvalue weighted by atomic mass is 9.95. The summed E-state index contributed by atoms with van der Waals surface area (Å²) in [4.78, 5) is 19.8. The number of carbonyl (C=O) groups is 1. The summed E-state index contributed by atoms with van der Waals surface area (Å²) in [5.41, 5.74) is 0.640. The van der Waals surface area contributed by atoms with Crippen molar-refractivity contribution in [2.45, 2.75) is 19.0 Å². The summed E-state index contributed by atoms with van der Waals surface area (Å²) >= 11 is 0. The van der Waals surface area contributed by atoms with E-state index in [1.807, 2.05) is 0 Å². The first-order chi connectivity index (χ1) is 10.9. The first-order valence-electron chi connectivity index (χ1n) is 7.62. The van der Waals surface area contributed by atoms with Crippen LogP contribution in [0.1, 0.15) is 12.8 Å². The molecule has 0 atom stereocenters. The zero-order valence-corrected chi connectivity index (χ0v) is 12.6. The number of carbonyl (C=O) groups excluding carboxylic acids is 1. The molecule has 5 nitrogen and oxygen atoms in total. The number of anilines is 1. The van der Waals surface area contributed by atoms with E-state index in [1.165, 1.54) is 4.90 Å². The van der Waals surface area contributed by atoms with E-state index in [1.54, 1.807) is 23.2 Å². The third-order valence-electron chi connectivity index (χ3n) is 4.20. The SMILES string of the molecule is O=C(C1CCN(CC(F)(F)F)CC1)N1CCOc2ncccc21. The van der Waals surface area contributed by atoms with Gasteiger partial charge in [0.05, 0.1) is 13.1 Å². The quantitative estimate of drug-likeness (QED) is 0.833. The molecular weight excluding hydrogens is 311 g/mol. The summed E-state index contributed by atoms with van der Waals surface area (Å²) in [6.07, 6.45) is -1.70. The first-order valence-corrected chi connectivity index (χ1v) is 7.62. The number of rotatable bonds is 2. The lowest BCUT2D eigenvalue weighted by molar-refractivity contribution is -0.149. The fraction of sp³-hybridized carbons (Fsp3) is 0.600. The standard InChI is InChI=1S/C15H18F3N3O2/c16-15(17,18)10-20-6-3-11(4-7-20)14(22)21-8-9-23-13-12(21)2-1-5-19-13/h1-2,5,11H,3-4,6-10H2. The molecule has 0 spiro atoms. The van der Waals surface area contributed by atoms with Gasteiger partial charge in [-0.25, -0.2) is 4.98 Å². The van der Waals surface area contributed by atoms with Gasteiger partial charge in [-0.05, 0) is 38.1 Å². The Morgan fingerprint density at radius 2 is 2.04 bits per heavy atom. The minimum absolute atomic E-state index is 0.0470. The number of nitrogens with zero attached hydrogens (tertiary/aromatic N) is 3. The van der Waals surface area contributed by atoms with Crippen LogP contribution in [-0.2, 0) is 4.79 Å². The van der Waals surface area contributed by atoms with Gasteiger partial charge in [0, 0.05) is 12.1 Å². The second kappa shape index (κ2) is 6.35. The van der Waals surface area contributed by atoms with Gasteiger partial charge in [0.2, 0.25) is 11.8 Å². The molecule has 0 aliphatic carbocycles. The van der Waals surface area contributed by atoms with Crippen molar-refractivity contribution in [2.75, 3.05) is 37.7 Å². The van der Waals surface area contributed by atoms with Gasteiger partial charge in [0.1, 0.15) is 12.3 Å². The minimum Gasteiger partial charge on any atom is -0.474 e. The van der Waals surface area contributed by atoms with E-state index in [4.69, 9.17) is 4.74 Å². The van der Waals surface area contributed by atoms with E-state index in [0.717, 1.165) is 0 Å². The zero-order valence-electron chi connectivity index (χ0n) is 12.6. The highest BCUT2D eigenvalue weighted by Crippen LogP contribution is 2.32. The molecule has 23 heavy (non-hydrogen) atoms. The number of aromatic nitrogens is 1. The van der Waals surface area contributed by atoms with Crippen molar-refractivity contribution in [1.82, 2.24) is 9.88 Å². The van der Waals surface area contributed by atoms with Crippen LogP contribution in [0.2, 0.25) is 0 Å². The van der Waals surface area contributed by atoms with Crippen LogP contribution in [0, 0.1) is 5.92 Å². The van der Waals surface area contributed by atoms with Gasteiger partial charge in [0.25, 0.3) is 0 Å². The summed E-state index contributed by atoms with van der Waals surface area (Å²) in [7, 11) is 0. The fourth-order valence-electron chi connectivity index (χ4n) is 3.09. The average Bonchev–Trinajstić information content (AvgIpc) is 2.53. The van der Waals surface area contributed by atoms with Crippen molar-refractivity contribution in [3.63, 3.8) is 0 Å². The normalized spacial score (nSPS) is 20.0. The second-order valence-electron chi connectivity index (χ2n) is 5.83. The largest absolute Gasteiger partial charge is 0.474 e. The van der Waals surface area contributed by atoms with E-state index in [2.05, 4.69) is 4.98 Å². The van der Waals surface area contributed by atoms with Gasteiger partial charge in [-0.2, -0.15) is 13.2 Å². The molecular formula is C15H18F3N3O2. The Hall–Kier alpha value is -1.83. The van der Waals surface area contributed by atoms with Crippen LogP contribution in [0.4, 0.5) is 18.9 Å². The third kappa shape index (κ3) is 3.74. The smallest absolute Gasteiger partial charge is 0.401 e. The summed E-state index contributed by atoms with van der Waals surface area (Å²) in [5, 5.41) is 0. The molecule has 0 saturated carbocycles. The molecule has 2 aliphatic rings. The molecule has 3 heterocycles. The van der Waals surface area contributed by atoms with E-state index in [0.29, 0.717) is 50.7 Å². The Morgan fingerprint density at radius 1 is 1.30 bits per heavy atom. The number of hydrogen-bond donors (Lipinski definition) is 0. The molecule has 2 aliphatic heterocycles. The molecule has 1 aromatic rings. The highest BCUT2D eigenvalue weighted by Gasteiger charge is 2.36. The summed E-state index contributed by atoms with van der Waals surface area (Å²) in [6, 6.07) is 3.51. The van der Waals surface area contributed by atoms with Gasteiger partial charge in [-0.3, -0.25) is 9.69 Å². The van der Waals surface area contributed by atoms with Crippen molar-refractivity contribution in [3.8, 4) is 5.88 Å². The minimum atomic E-state index is -4.19. The third-order valence-corrected chi connectivity index (χ3v) is 4.20. The number of fused-ring (bicyclic) bond motifs is 1. The highest BCUT2D eigenvalue weighted by atomic mass is 19.4. The molecule has 0 aromatic carbocycles. The Bertz CT molecular complexity index is 571. The maximum absolute atomic E-state index is 12.7. The van der Waals surface area contributed by atoms with E-state index < -0.39 is 12.7 Å². The molecule has 0 N–H and O–H groups in total. The van der Waals surface area contributed by atoms with Crippen LogP contribution < -0.4 is 9.64 Å². The monoisotopic (exact) mass is 329 g/mol. The second-order valence-corrected chi connectivity index (χ2v) is 5.83. The van der Waals surface area contributed by atoms with Crippen LogP contribution in [-0.4, -0.2) is 54.8 Å². The van der Waals surface area contributed by atoms with E-state index >= 15 is 0 Å². The molecule has 8 heteroatoms. The summed E-state index contributed by atoms with van der Waals surface area (Å²) < 4.78 is 42.7. The molecule has 1 aromatic heterocycles. The van der Waals surface area contributed by atoms with Gasteiger partial charge in [-0.1, -0.05) is 0 Å². The number of alkyl halides is 3. The number of pyridine rings is 1. The van der Waals surface area contributed by atoms with Crippen molar-refractivity contribution >= 4 is 11.6 Å². The van der Waals surface area contributed by atoms with Crippen LogP contribution in [0.25, 0.3) is 0 Å². The number of piperidine rings is 1. The number of halogens is 3. The predicted molar refractivity (Wildman–Crippen MR) is 77.3 cm³/mol. The van der Waals surface area contributed by atoms with Crippen molar-refractivity contribution < 1.29 is 22.7 Å². The number of hydrogen-bond acceptors (Lipinski definition) is 4. The molecule has 1 fully saturated rings. The predicted octanol–water partition coefficient (Wildman–Crippen LogP) is 2.08. The van der Waals surface area contributed by atoms with Crippen molar-refractivity contribution in [2.24, 2.45) is 5.92 Å². The molecule has 0 unspecified atom stereocenters. The Morgan fingerprint density at radius 3 is 2.74 bits per heavy atom. The molecule has 0 radical (unpaired) electrons. The molecule has 1 amide bonds. The summed E-state index contributed by atoms with van der Waals surface area (Å²) in [5.74, 6) is 0.140. The highest BCUT2D eigenvalue weighted by molar-refractivity contribution is 5.96. The average molecular weight is 329 g/mol. The van der Waals surface area contributed by atoms with Crippen molar-refractivity contribution in [3.05, 3.63) is 18.3 Å². The topological polar surface area (TPSA) is 45.7 Å². The van der Waals surface area contributed by atoms with Gasteiger partial charge >= 0.3 is 6.18 Å².